The summed E-state index contributed by atoms with van der Waals surface area (Å²) in [6, 6.07) is 0. The maximum atomic E-state index is 13.3. The lowest BCUT2D eigenvalue weighted by Crippen LogP contribution is -2.42. The van der Waals surface area contributed by atoms with Gasteiger partial charge >= 0.3 is 17.9 Å². The van der Waals surface area contributed by atoms with Crippen molar-refractivity contribution in [1.29, 1.82) is 0 Å². The summed E-state index contributed by atoms with van der Waals surface area (Å²) in [7, 11) is 0. The molecule has 0 radical (unpaired) electrons. The lowest BCUT2D eigenvalue weighted by atomic mass is 9.71. The summed E-state index contributed by atoms with van der Waals surface area (Å²) in [4.78, 5) is 39.4. The van der Waals surface area contributed by atoms with Crippen molar-refractivity contribution in [2.75, 3.05) is 13.2 Å². The fourth-order valence-corrected chi connectivity index (χ4v) is 7.09. The van der Waals surface area contributed by atoms with E-state index in [1.54, 1.807) is 0 Å². The Bertz CT molecular complexity index is 750. The van der Waals surface area contributed by atoms with E-state index in [0.717, 1.165) is 77.0 Å². The van der Waals surface area contributed by atoms with Gasteiger partial charge in [-0.2, -0.15) is 0 Å². The molecular weight excluding hydrogens is 456 g/mol. The maximum absolute atomic E-state index is 13.3. The smallest absolute Gasteiger partial charge is 0.312 e. The lowest BCUT2D eigenvalue weighted by molar-refractivity contribution is -0.181. The molecule has 0 aliphatic heterocycles. The minimum absolute atomic E-state index is 0.0828. The van der Waals surface area contributed by atoms with Crippen molar-refractivity contribution in [3.8, 4) is 0 Å². The van der Waals surface area contributed by atoms with Gasteiger partial charge in [0.2, 0.25) is 0 Å². The molecule has 3 aliphatic carbocycles. The van der Waals surface area contributed by atoms with Crippen molar-refractivity contribution in [3.05, 3.63) is 0 Å². The van der Waals surface area contributed by atoms with Gasteiger partial charge < -0.3 is 14.2 Å². The Morgan fingerprint density at radius 2 is 0.972 bits per heavy atom. The maximum Gasteiger partial charge on any atom is 0.312 e. The van der Waals surface area contributed by atoms with Gasteiger partial charge in [-0.25, -0.2) is 0 Å². The molecule has 3 aliphatic rings. The summed E-state index contributed by atoms with van der Waals surface area (Å²) in [6.07, 6.45) is 10.4. The van der Waals surface area contributed by atoms with E-state index in [9.17, 15) is 14.4 Å². The minimum atomic E-state index is -0.798. The monoisotopic (exact) mass is 506 g/mol. The number of hydrogen-bond acceptors (Lipinski definition) is 6. The number of carbonyl (C=O) groups excluding carboxylic acids is 3. The first-order valence-electron chi connectivity index (χ1n) is 14.4. The van der Waals surface area contributed by atoms with Gasteiger partial charge in [0.25, 0.3) is 0 Å². The van der Waals surface area contributed by atoms with Crippen LogP contribution in [0.5, 0.6) is 0 Å². The molecule has 6 unspecified atom stereocenters. The van der Waals surface area contributed by atoms with Gasteiger partial charge in [0.05, 0.1) is 16.2 Å². The van der Waals surface area contributed by atoms with Crippen LogP contribution in [0.1, 0.15) is 119 Å². The largest absolute Gasteiger partial charge is 0.461 e. The molecular formula is C30H50O6. The summed E-state index contributed by atoms with van der Waals surface area (Å²) < 4.78 is 17.4. The number of ether oxygens (including phenoxy) is 3. The summed E-state index contributed by atoms with van der Waals surface area (Å²) in [5, 5.41) is 0. The van der Waals surface area contributed by atoms with E-state index in [-0.39, 0.29) is 31.1 Å². The Kier molecular flexibility index (Phi) is 9.54. The van der Waals surface area contributed by atoms with E-state index in [4.69, 9.17) is 14.2 Å². The van der Waals surface area contributed by atoms with Gasteiger partial charge in [-0.3, -0.25) is 14.4 Å². The number of esters is 3. The molecule has 0 heterocycles. The number of hydrogen-bond donors (Lipinski definition) is 0. The number of carbonyl (C=O) groups is 3. The topological polar surface area (TPSA) is 78.9 Å². The summed E-state index contributed by atoms with van der Waals surface area (Å²) in [5.74, 6) is 0.669. The van der Waals surface area contributed by atoms with E-state index in [1.807, 2.05) is 20.8 Å². The summed E-state index contributed by atoms with van der Waals surface area (Å²) in [6.45, 7) is 12.3. The Morgan fingerprint density at radius 1 is 0.639 bits per heavy atom. The van der Waals surface area contributed by atoms with Crippen molar-refractivity contribution in [2.24, 2.45) is 34.0 Å². The first-order valence-corrected chi connectivity index (χ1v) is 14.4. The highest BCUT2D eigenvalue weighted by Gasteiger charge is 2.43. The molecule has 0 N–H and O–H groups in total. The highest BCUT2D eigenvalue weighted by molar-refractivity contribution is 5.78. The van der Waals surface area contributed by atoms with Crippen molar-refractivity contribution in [1.82, 2.24) is 0 Å². The molecule has 6 nitrogen and oxygen atoms in total. The van der Waals surface area contributed by atoms with Crippen LogP contribution < -0.4 is 0 Å². The molecule has 0 aromatic carbocycles. The van der Waals surface area contributed by atoms with Gasteiger partial charge in [0.15, 0.2) is 6.10 Å². The predicted molar refractivity (Wildman–Crippen MR) is 139 cm³/mol. The summed E-state index contributed by atoms with van der Waals surface area (Å²) in [5.41, 5.74) is -1.59. The Balaban J connectivity index is 1.65. The molecule has 6 atom stereocenters. The van der Waals surface area contributed by atoms with Crippen molar-refractivity contribution in [2.45, 2.75) is 125 Å². The first-order chi connectivity index (χ1) is 16.9. The van der Waals surface area contributed by atoms with Crippen LogP contribution in [0.2, 0.25) is 0 Å². The molecule has 3 fully saturated rings. The molecule has 3 rings (SSSR count). The van der Waals surface area contributed by atoms with E-state index >= 15 is 0 Å². The van der Waals surface area contributed by atoms with Crippen LogP contribution in [0.15, 0.2) is 0 Å². The SMILES string of the molecule is CC1CCCC(C)(C(=O)OCC(COC(=O)C2(C)CCCC(C)C2)OC(=O)C2(C)CCCC(C)C2)C1. The second-order valence-electron chi connectivity index (χ2n) is 13.5. The van der Waals surface area contributed by atoms with Crippen LogP contribution >= 0.6 is 0 Å². The Labute approximate surface area is 218 Å². The zero-order chi connectivity index (χ0) is 26.6. The molecule has 3 saturated carbocycles. The van der Waals surface area contributed by atoms with Crippen LogP contribution in [0.4, 0.5) is 0 Å². The fourth-order valence-electron chi connectivity index (χ4n) is 7.09. The molecule has 0 aromatic rings. The molecule has 0 amide bonds. The average molecular weight is 507 g/mol. The molecule has 206 valence electrons. The highest BCUT2D eigenvalue weighted by atomic mass is 16.6. The first kappa shape index (κ1) is 29.0. The van der Waals surface area contributed by atoms with E-state index in [1.165, 1.54) is 0 Å². The van der Waals surface area contributed by atoms with E-state index in [2.05, 4.69) is 20.8 Å². The zero-order valence-electron chi connectivity index (χ0n) is 23.7. The van der Waals surface area contributed by atoms with Crippen LogP contribution in [0, 0.1) is 34.0 Å². The van der Waals surface area contributed by atoms with Crippen molar-refractivity contribution >= 4 is 17.9 Å². The van der Waals surface area contributed by atoms with Gasteiger partial charge in [0, 0.05) is 0 Å². The molecule has 0 bridgehead atoms. The van der Waals surface area contributed by atoms with Crippen LogP contribution in [0.3, 0.4) is 0 Å². The zero-order valence-corrected chi connectivity index (χ0v) is 23.7. The van der Waals surface area contributed by atoms with Gasteiger partial charge in [-0.05, 0) is 77.0 Å². The highest BCUT2D eigenvalue weighted by Crippen LogP contribution is 2.42. The second kappa shape index (κ2) is 11.9. The number of rotatable bonds is 8. The van der Waals surface area contributed by atoms with Gasteiger partial charge in [-0.1, -0.05) is 59.3 Å². The third kappa shape index (κ3) is 7.25. The van der Waals surface area contributed by atoms with Crippen LogP contribution in [0.25, 0.3) is 0 Å². The predicted octanol–water partition coefficient (Wildman–Crippen LogP) is 6.63. The fraction of sp³-hybridized carbons (Fsp3) is 0.900. The third-order valence-electron chi connectivity index (χ3n) is 9.23. The minimum Gasteiger partial charge on any atom is -0.461 e. The molecule has 36 heavy (non-hydrogen) atoms. The van der Waals surface area contributed by atoms with Crippen LogP contribution in [-0.2, 0) is 28.6 Å². The van der Waals surface area contributed by atoms with Crippen LogP contribution in [-0.4, -0.2) is 37.2 Å². The molecule has 0 saturated heterocycles. The Hall–Kier alpha value is -1.59. The normalized spacial score (nSPS) is 38.0. The summed E-state index contributed by atoms with van der Waals surface area (Å²) >= 11 is 0. The van der Waals surface area contributed by atoms with E-state index in [0.29, 0.717) is 17.8 Å². The standard InChI is InChI=1S/C30H50O6/c1-21-10-7-13-28(4,16-21)25(31)34-19-24(36-27(33)30(6)15-9-12-23(3)18-30)20-35-26(32)29(5)14-8-11-22(2)17-29/h21-24H,7-20H2,1-6H3. The quantitative estimate of drug-likeness (QED) is 0.271. The van der Waals surface area contributed by atoms with Crippen molar-refractivity contribution < 1.29 is 28.6 Å². The Morgan fingerprint density at radius 3 is 1.31 bits per heavy atom. The molecule has 0 aromatic heterocycles. The molecule has 0 spiro atoms. The average Bonchev–Trinajstić information content (AvgIpc) is 2.79. The van der Waals surface area contributed by atoms with Crippen molar-refractivity contribution in [3.63, 3.8) is 0 Å². The van der Waals surface area contributed by atoms with Gasteiger partial charge in [0.1, 0.15) is 13.2 Å². The molecule has 6 heteroatoms. The van der Waals surface area contributed by atoms with Gasteiger partial charge in [-0.15, -0.1) is 0 Å². The third-order valence-corrected chi connectivity index (χ3v) is 9.23. The lowest BCUT2D eigenvalue weighted by Gasteiger charge is -2.37. The second-order valence-corrected chi connectivity index (χ2v) is 13.5. The van der Waals surface area contributed by atoms with E-state index < -0.39 is 22.3 Å².